The van der Waals surface area contributed by atoms with Crippen LogP contribution in [0.25, 0.3) is 0 Å². The van der Waals surface area contributed by atoms with Gasteiger partial charge < -0.3 is 10.1 Å². The van der Waals surface area contributed by atoms with Crippen molar-refractivity contribution in [1.82, 2.24) is 5.32 Å². The normalized spacial score (nSPS) is 16.2. The van der Waals surface area contributed by atoms with Gasteiger partial charge in [0.25, 0.3) is 0 Å². The molecule has 0 heterocycles. The molecular formula is C17H15BrFNO2. The molecule has 1 N–H and O–H groups in total. The van der Waals surface area contributed by atoms with E-state index in [4.69, 9.17) is 4.74 Å². The summed E-state index contributed by atoms with van der Waals surface area (Å²) in [6.45, 7) is 0.233. The van der Waals surface area contributed by atoms with Crippen LogP contribution in [0.4, 0.5) is 9.18 Å². The molecule has 114 valence electrons. The van der Waals surface area contributed by atoms with Crippen molar-refractivity contribution in [1.29, 1.82) is 0 Å². The largest absolute Gasteiger partial charge is 0.445 e. The molecule has 0 saturated heterocycles. The maximum absolute atomic E-state index is 13.4. The Kier molecular flexibility index (Phi) is 4.43. The van der Waals surface area contributed by atoms with E-state index in [9.17, 15) is 9.18 Å². The standard InChI is InChI=1S/C17H15BrFNO2/c18-14-9-13(19)8-12-6-7-15(16(12)14)20-17(21)22-10-11-4-2-1-3-5-11/h1-5,8-9,15H,6-7,10H2,(H,20,21). The summed E-state index contributed by atoms with van der Waals surface area (Å²) in [6.07, 6.45) is 1.03. The maximum atomic E-state index is 13.4. The van der Waals surface area contributed by atoms with Crippen LogP contribution in [0.2, 0.25) is 0 Å². The molecular weight excluding hydrogens is 349 g/mol. The van der Waals surface area contributed by atoms with Crippen molar-refractivity contribution in [3.63, 3.8) is 0 Å². The summed E-state index contributed by atoms with van der Waals surface area (Å²) in [4.78, 5) is 11.9. The van der Waals surface area contributed by atoms with Crippen molar-refractivity contribution < 1.29 is 13.9 Å². The van der Waals surface area contributed by atoms with Crippen molar-refractivity contribution in [2.75, 3.05) is 0 Å². The number of carbonyl (C=O) groups is 1. The number of fused-ring (bicyclic) bond motifs is 1. The number of alkyl carbamates (subject to hydrolysis) is 1. The second kappa shape index (κ2) is 6.48. The van der Waals surface area contributed by atoms with Crippen molar-refractivity contribution in [2.45, 2.75) is 25.5 Å². The Morgan fingerprint density at radius 2 is 2.09 bits per heavy atom. The Morgan fingerprint density at radius 3 is 2.86 bits per heavy atom. The molecule has 3 nitrogen and oxygen atoms in total. The Bertz CT molecular complexity index is 691. The first-order valence-corrected chi connectivity index (χ1v) is 7.88. The van der Waals surface area contributed by atoms with E-state index in [1.807, 2.05) is 30.3 Å². The minimum atomic E-state index is -0.460. The zero-order valence-corrected chi connectivity index (χ0v) is 13.4. The van der Waals surface area contributed by atoms with E-state index in [2.05, 4.69) is 21.2 Å². The molecule has 0 saturated carbocycles. The third kappa shape index (κ3) is 3.30. The second-order valence-electron chi connectivity index (χ2n) is 5.26. The molecule has 1 aliphatic rings. The van der Waals surface area contributed by atoms with Crippen LogP contribution in [-0.4, -0.2) is 6.09 Å². The predicted molar refractivity (Wildman–Crippen MR) is 84.9 cm³/mol. The minimum absolute atomic E-state index is 0.145. The molecule has 0 bridgehead atoms. The first kappa shape index (κ1) is 15.0. The third-order valence-corrected chi connectivity index (χ3v) is 4.39. The highest BCUT2D eigenvalue weighted by Crippen LogP contribution is 2.37. The van der Waals surface area contributed by atoms with E-state index in [1.165, 1.54) is 12.1 Å². The SMILES string of the molecule is O=C(NC1CCc2cc(F)cc(Br)c21)OCc1ccccc1. The first-order chi connectivity index (χ1) is 10.6. The van der Waals surface area contributed by atoms with Gasteiger partial charge in [-0.3, -0.25) is 0 Å². The molecule has 0 radical (unpaired) electrons. The van der Waals surface area contributed by atoms with E-state index >= 15 is 0 Å². The van der Waals surface area contributed by atoms with Crippen molar-refractivity contribution in [3.8, 4) is 0 Å². The zero-order valence-electron chi connectivity index (χ0n) is 11.8. The number of nitrogens with one attached hydrogen (secondary N) is 1. The number of aryl methyl sites for hydroxylation is 1. The smallest absolute Gasteiger partial charge is 0.407 e. The number of hydrogen-bond donors (Lipinski definition) is 1. The van der Waals surface area contributed by atoms with E-state index in [0.717, 1.165) is 29.5 Å². The molecule has 1 aliphatic carbocycles. The number of hydrogen-bond acceptors (Lipinski definition) is 2. The Balaban J connectivity index is 1.62. The zero-order chi connectivity index (χ0) is 15.5. The molecule has 5 heteroatoms. The van der Waals surface area contributed by atoms with E-state index in [-0.39, 0.29) is 18.5 Å². The Morgan fingerprint density at radius 1 is 1.32 bits per heavy atom. The van der Waals surface area contributed by atoms with Gasteiger partial charge in [0.2, 0.25) is 0 Å². The number of amides is 1. The van der Waals surface area contributed by atoms with Gasteiger partial charge in [0.1, 0.15) is 12.4 Å². The molecule has 0 aromatic heterocycles. The summed E-state index contributed by atoms with van der Waals surface area (Å²) in [5.74, 6) is -0.266. The highest BCUT2D eigenvalue weighted by molar-refractivity contribution is 9.10. The van der Waals surface area contributed by atoms with Crippen molar-refractivity contribution in [3.05, 3.63) is 69.4 Å². The fraction of sp³-hybridized carbons (Fsp3) is 0.235. The lowest BCUT2D eigenvalue weighted by Gasteiger charge is -2.15. The van der Waals surface area contributed by atoms with Gasteiger partial charge in [-0.25, -0.2) is 9.18 Å². The van der Waals surface area contributed by atoms with Gasteiger partial charge in [0.05, 0.1) is 6.04 Å². The molecule has 2 aromatic carbocycles. The molecule has 0 spiro atoms. The molecule has 1 unspecified atom stereocenters. The Labute approximate surface area is 136 Å². The van der Waals surface area contributed by atoms with Gasteiger partial charge >= 0.3 is 6.09 Å². The predicted octanol–water partition coefficient (Wildman–Crippen LogP) is 4.50. The molecule has 3 rings (SSSR count). The van der Waals surface area contributed by atoms with Crippen LogP contribution < -0.4 is 5.32 Å². The fourth-order valence-electron chi connectivity index (χ4n) is 2.73. The number of carbonyl (C=O) groups excluding carboxylic acids is 1. The average Bonchev–Trinajstić information content (AvgIpc) is 2.89. The van der Waals surface area contributed by atoms with Crippen LogP contribution >= 0.6 is 15.9 Å². The van der Waals surface area contributed by atoms with Crippen LogP contribution in [-0.2, 0) is 17.8 Å². The molecule has 0 fully saturated rings. The van der Waals surface area contributed by atoms with Crippen molar-refractivity contribution in [2.24, 2.45) is 0 Å². The second-order valence-corrected chi connectivity index (χ2v) is 6.11. The topological polar surface area (TPSA) is 38.3 Å². The van der Waals surface area contributed by atoms with Crippen LogP contribution in [0.1, 0.15) is 29.2 Å². The Hall–Kier alpha value is -1.88. The minimum Gasteiger partial charge on any atom is -0.445 e. The summed E-state index contributed by atoms with van der Waals surface area (Å²) in [6, 6.07) is 12.3. The summed E-state index contributed by atoms with van der Waals surface area (Å²) >= 11 is 3.37. The third-order valence-electron chi connectivity index (χ3n) is 3.74. The fourth-order valence-corrected chi connectivity index (χ4v) is 3.48. The molecule has 1 amide bonds. The monoisotopic (exact) mass is 363 g/mol. The van der Waals surface area contributed by atoms with Gasteiger partial charge in [0, 0.05) is 4.47 Å². The van der Waals surface area contributed by atoms with Gasteiger partial charge in [-0.1, -0.05) is 46.3 Å². The van der Waals surface area contributed by atoms with Crippen LogP contribution in [0, 0.1) is 5.82 Å². The highest BCUT2D eigenvalue weighted by Gasteiger charge is 2.27. The summed E-state index contributed by atoms with van der Waals surface area (Å²) in [5.41, 5.74) is 2.81. The van der Waals surface area contributed by atoms with Crippen LogP contribution in [0.15, 0.2) is 46.9 Å². The van der Waals surface area contributed by atoms with Gasteiger partial charge in [0.15, 0.2) is 0 Å². The van der Waals surface area contributed by atoms with Crippen molar-refractivity contribution >= 4 is 22.0 Å². The van der Waals surface area contributed by atoms with Gasteiger partial charge in [-0.15, -0.1) is 0 Å². The molecule has 2 aromatic rings. The van der Waals surface area contributed by atoms with E-state index in [0.29, 0.717) is 4.47 Å². The van der Waals surface area contributed by atoms with E-state index < -0.39 is 6.09 Å². The molecule has 0 aliphatic heterocycles. The molecule has 22 heavy (non-hydrogen) atoms. The number of benzene rings is 2. The van der Waals surface area contributed by atoms with Gasteiger partial charge in [-0.05, 0) is 41.7 Å². The number of ether oxygens (including phenoxy) is 1. The lowest BCUT2D eigenvalue weighted by molar-refractivity contribution is 0.135. The lowest BCUT2D eigenvalue weighted by Crippen LogP contribution is -2.28. The summed E-state index contributed by atoms with van der Waals surface area (Å²) < 4.78 is 19.3. The summed E-state index contributed by atoms with van der Waals surface area (Å²) in [7, 11) is 0. The maximum Gasteiger partial charge on any atom is 0.407 e. The lowest BCUT2D eigenvalue weighted by atomic mass is 10.1. The summed E-state index contributed by atoms with van der Waals surface area (Å²) in [5, 5.41) is 2.85. The average molecular weight is 364 g/mol. The van der Waals surface area contributed by atoms with Crippen LogP contribution in [0.3, 0.4) is 0 Å². The van der Waals surface area contributed by atoms with E-state index in [1.54, 1.807) is 0 Å². The van der Waals surface area contributed by atoms with Crippen LogP contribution in [0.5, 0.6) is 0 Å². The highest BCUT2D eigenvalue weighted by atomic mass is 79.9. The number of rotatable bonds is 3. The number of halogens is 2. The first-order valence-electron chi connectivity index (χ1n) is 7.08. The molecule has 1 atom stereocenters. The quantitative estimate of drug-likeness (QED) is 0.871. The van der Waals surface area contributed by atoms with Gasteiger partial charge in [-0.2, -0.15) is 0 Å².